The zero-order chi connectivity index (χ0) is 14.8. The van der Waals surface area contributed by atoms with Crippen LogP contribution in [0.2, 0.25) is 0 Å². The predicted molar refractivity (Wildman–Crippen MR) is 93.1 cm³/mol. The Bertz CT molecular complexity index is 820. The first-order chi connectivity index (χ1) is 10.9. The number of hydrogen-bond acceptors (Lipinski definition) is 1. The van der Waals surface area contributed by atoms with Crippen LogP contribution >= 0.6 is 0 Å². The summed E-state index contributed by atoms with van der Waals surface area (Å²) in [7, 11) is 0. The second-order valence-corrected chi connectivity index (χ2v) is 5.61. The highest BCUT2D eigenvalue weighted by atomic mass is 14.7. The molecule has 0 amide bonds. The Morgan fingerprint density at radius 2 is 1.45 bits per heavy atom. The SMILES string of the molecule is C1=CCC(c2ccc(C3=CC=CC3)c(-c3ccccc3)n2)=C1. The smallest absolute Gasteiger partial charge is 0.0784 e. The van der Waals surface area contributed by atoms with Crippen molar-refractivity contribution >= 4 is 11.1 Å². The van der Waals surface area contributed by atoms with Crippen molar-refractivity contribution in [1.82, 2.24) is 4.98 Å². The molecule has 2 aliphatic rings. The number of pyridine rings is 1. The summed E-state index contributed by atoms with van der Waals surface area (Å²) in [4.78, 5) is 4.99. The number of benzene rings is 1. The highest BCUT2D eigenvalue weighted by Crippen LogP contribution is 2.33. The van der Waals surface area contributed by atoms with E-state index in [0.717, 1.165) is 24.2 Å². The zero-order valence-corrected chi connectivity index (χ0v) is 12.4. The molecule has 0 atom stereocenters. The van der Waals surface area contributed by atoms with Crippen LogP contribution in [0.15, 0.2) is 78.9 Å². The minimum Gasteiger partial charge on any atom is -0.247 e. The first-order valence-corrected chi connectivity index (χ1v) is 7.70. The largest absolute Gasteiger partial charge is 0.247 e. The van der Waals surface area contributed by atoms with Crippen molar-refractivity contribution in [2.24, 2.45) is 0 Å². The Balaban J connectivity index is 1.85. The lowest BCUT2D eigenvalue weighted by Crippen LogP contribution is -1.96. The van der Waals surface area contributed by atoms with Crippen molar-refractivity contribution in [3.8, 4) is 11.3 Å². The number of rotatable bonds is 3. The average Bonchev–Trinajstić information content (AvgIpc) is 3.29. The average molecular weight is 283 g/mol. The summed E-state index contributed by atoms with van der Waals surface area (Å²) in [6, 6.07) is 14.9. The summed E-state index contributed by atoms with van der Waals surface area (Å²) in [5, 5.41) is 0. The monoisotopic (exact) mass is 283 g/mol. The van der Waals surface area contributed by atoms with Crippen LogP contribution in [0.1, 0.15) is 24.1 Å². The summed E-state index contributed by atoms with van der Waals surface area (Å²) >= 11 is 0. The van der Waals surface area contributed by atoms with Gasteiger partial charge in [-0.2, -0.15) is 0 Å². The first-order valence-electron chi connectivity index (χ1n) is 7.70. The fourth-order valence-electron chi connectivity index (χ4n) is 3.00. The number of allylic oxidation sites excluding steroid dienone is 8. The molecule has 0 saturated carbocycles. The van der Waals surface area contributed by atoms with Crippen LogP contribution in [0.25, 0.3) is 22.4 Å². The molecule has 1 aromatic carbocycles. The van der Waals surface area contributed by atoms with E-state index in [-0.39, 0.29) is 0 Å². The third kappa shape index (κ3) is 2.35. The van der Waals surface area contributed by atoms with Gasteiger partial charge in [-0.3, -0.25) is 0 Å². The fourth-order valence-corrected chi connectivity index (χ4v) is 3.00. The van der Waals surface area contributed by atoms with Gasteiger partial charge in [0, 0.05) is 11.1 Å². The van der Waals surface area contributed by atoms with Gasteiger partial charge in [0.1, 0.15) is 0 Å². The Morgan fingerprint density at radius 1 is 0.727 bits per heavy atom. The van der Waals surface area contributed by atoms with Gasteiger partial charge >= 0.3 is 0 Å². The molecule has 22 heavy (non-hydrogen) atoms. The van der Waals surface area contributed by atoms with Crippen molar-refractivity contribution in [1.29, 1.82) is 0 Å². The van der Waals surface area contributed by atoms with Gasteiger partial charge in [0.25, 0.3) is 0 Å². The first kappa shape index (κ1) is 13.0. The van der Waals surface area contributed by atoms with Gasteiger partial charge in [0.2, 0.25) is 0 Å². The van der Waals surface area contributed by atoms with Crippen molar-refractivity contribution in [3.05, 3.63) is 90.2 Å². The van der Waals surface area contributed by atoms with E-state index in [4.69, 9.17) is 4.98 Å². The highest BCUT2D eigenvalue weighted by Gasteiger charge is 2.14. The zero-order valence-electron chi connectivity index (χ0n) is 12.4. The molecule has 1 aromatic heterocycles. The Morgan fingerprint density at radius 3 is 2.14 bits per heavy atom. The minimum absolute atomic E-state index is 0.977. The maximum Gasteiger partial charge on any atom is 0.0784 e. The van der Waals surface area contributed by atoms with E-state index >= 15 is 0 Å². The van der Waals surface area contributed by atoms with Crippen molar-refractivity contribution in [2.75, 3.05) is 0 Å². The topological polar surface area (TPSA) is 12.9 Å². The molecule has 1 nitrogen and oxygen atoms in total. The van der Waals surface area contributed by atoms with Crippen LogP contribution < -0.4 is 0 Å². The summed E-state index contributed by atoms with van der Waals surface area (Å²) in [6.07, 6.45) is 14.9. The van der Waals surface area contributed by atoms with E-state index in [1.54, 1.807) is 0 Å². The molecule has 0 unspecified atom stereocenters. The molecule has 0 aliphatic heterocycles. The summed E-state index contributed by atoms with van der Waals surface area (Å²) in [5.41, 5.74) is 7.23. The van der Waals surface area contributed by atoms with E-state index in [1.807, 2.05) is 6.07 Å². The van der Waals surface area contributed by atoms with Crippen LogP contribution in [0.5, 0.6) is 0 Å². The van der Waals surface area contributed by atoms with Gasteiger partial charge in [-0.1, -0.05) is 72.9 Å². The van der Waals surface area contributed by atoms with Gasteiger partial charge in [0.15, 0.2) is 0 Å². The molecule has 2 aromatic rings. The van der Waals surface area contributed by atoms with Crippen LogP contribution in [0.3, 0.4) is 0 Å². The van der Waals surface area contributed by atoms with Gasteiger partial charge in [-0.05, 0) is 30.1 Å². The van der Waals surface area contributed by atoms with Gasteiger partial charge in [-0.15, -0.1) is 0 Å². The van der Waals surface area contributed by atoms with Crippen molar-refractivity contribution < 1.29 is 0 Å². The highest BCUT2D eigenvalue weighted by molar-refractivity contribution is 5.83. The van der Waals surface area contributed by atoms with E-state index in [9.17, 15) is 0 Å². The summed E-state index contributed by atoms with van der Waals surface area (Å²) in [6.45, 7) is 0. The molecule has 0 N–H and O–H groups in total. The second kappa shape index (κ2) is 5.61. The predicted octanol–water partition coefficient (Wildman–Crippen LogP) is 5.44. The van der Waals surface area contributed by atoms with Crippen molar-refractivity contribution in [3.63, 3.8) is 0 Å². The normalized spacial score (nSPS) is 16.0. The summed E-state index contributed by atoms with van der Waals surface area (Å²) in [5.74, 6) is 0. The van der Waals surface area contributed by atoms with Crippen LogP contribution in [0, 0.1) is 0 Å². The van der Waals surface area contributed by atoms with E-state index in [0.29, 0.717) is 0 Å². The second-order valence-electron chi connectivity index (χ2n) is 5.61. The van der Waals surface area contributed by atoms with E-state index in [1.165, 1.54) is 22.3 Å². The molecule has 0 fully saturated rings. The fraction of sp³-hybridized carbons (Fsp3) is 0.0952. The molecule has 106 valence electrons. The van der Waals surface area contributed by atoms with Crippen molar-refractivity contribution in [2.45, 2.75) is 12.8 Å². The van der Waals surface area contributed by atoms with E-state index < -0.39 is 0 Å². The molecule has 0 bridgehead atoms. The number of nitrogens with zero attached hydrogens (tertiary/aromatic N) is 1. The molecular formula is C21H17N. The van der Waals surface area contributed by atoms with Crippen LogP contribution in [-0.4, -0.2) is 4.98 Å². The lowest BCUT2D eigenvalue weighted by molar-refractivity contribution is 1.23. The van der Waals surface area contributed by atoms with E-state index in [2.05, 4.69) is 72.9 Å². The lowest BCUT2D eigenvalue weighted by Gasteiger charge is -2.13. The molecule has 1 heterocycles. The van der Waals surface area contributed by atoms with Crippen LogP contribution in [0.4, 0.5) is 0 Å². The molecule has 0 spiro atoms. The van der Waals surface area contributed by atoms with Gasteiger partial charge < -0.3 is 0 Å². The number of aromatic nitrogens is 1. The summed E-state index contributed by atoms with van der Waals surface area (Å²) < 4.78 is 0. The van der Waals surface area contributed by atoms with Gasteiger partial charge in [0.05, 0.1) is 11.4 Å². The maximum atomic E-state index is 4.99. The standard InChI is InChI=1S/C21H17N/c1-2-12-18(13-3-1)21-19(16-8-4-5-9-16)14-15-20(22-21)17-10-6-7-11-17/h1-8,10,12-15H,9,11H2. The lowest BCUT2D eigenvalue weighted by atomic mass is 9.97. The number of hydrogen-bond donors (Lipinski definition) is 0. The molecule has 2 aliphatic carbocycles. The molecular weight excluding hydrogens is 266 g/mol. The Labute approximate surface area is 131 Å². The quantitative estimate of drug-likeness (QED) is 0.731. The van der Waals surface area contributed by atoms with Crippen LogP contribution in [-0.2, 0) is 0 Å². The third-order valence-corrected chi connectivity index (χ3v) is 4.16. The maximum absolute atomic E-state index is 4.99. The molecule has 0 saturated heterocycles. The molecule has 0 radical (unpaired) electrons. The minimum atomic E-state index is 0.977. The Kier molecular flexibility index (Phi) is 3.32. The molecule has 1 heteroatoms. The third-order valence-electron chi connectivity index (χ3n) is 4.16. The Hall–Kier alpha value is -2.67. The molecule has 4 rings (SSSR count). The van der Waals surface area contributed by atoms with Gasteiger partial charge in [-0.25, -0.2) is 4.98 Å².